The molecule has 1 rings (SSSR count). The van der Waals surface area contributed by atoms with Crippen LogP contribution in [0, 0.1) is 0 Å². The molecule has 0 amide bonds. The highest BCUT2D eigenvalue weighted by atomic mass is 79.9. The molecule has 0 saturated carbocycles. The fourth-order valence-corrected chi connectivity index (χ4v) is 1.91. The fraction of sp³-hybridized carbons (Fsp3) is 0.667. The molecule has 120 valence electrons. The molecule has 1 N–H and O–H groups in total. The van der Waals surface area contributed by atoms with E-state index in [0.717, 1.165) is 10.0 Å². The van der Waals surface area contributed by atoms with Crippen molar-refractivity contribution in [3.63, 3.8) is 0 Å². The summed E-state index contributed by atoms with van der Waals surface area (Å²) < 4.78 is 16.9. The number of nitrogens with one attached hydrogen (secondary N) is 1. The minimum Gasteiger partial charge on any atom is -0.475 e. The molecule has 0 fully saturated rings. The van der Waals surface area contributed by atoms with Crippen molar-refractivity contribution >= 4 is 15.9 Å². The normalized spacial score (nSPS) is 11.7. The number of methoxy groups -OCH3 is 1. The summed E-state index contributed by atoms with van der Waals surface area (Å²) in [5, 5.41) is 3.44. The first-order chi connectivity index (χ1) is 9.92. The Kier molecular flexibility index (Phi) is 8.18. The lowest BCUT2D eigenvalue weighted by molar-refractivity contribution is 0.0534. The van der Waals surface area contributed by atoms with E-state index in [0.29, 0.717) is 38.9 Å². The second-order valence-electron chi connectivity index (χ2n) is 5.67. The van der Waals surface area contributed by atoms with Gasteiger partial charge in [0.15, 0.2) is 0 Å². The maximum Gasteiger partial charge on any atom is 0.217 e. The first-order valence-corrected chi connectivity index (χ1v) is 7.80. The second-order valence-corrected chi connectivity index (χ2v) is 6.59. The van der Waals surface area contributed by atoms with E-state index >= 15 is 0 Å². The number of pyridine rings is 1. The van der Waals surface area contributed by atoms with E-state index in [9.17, 15) is 0 Å². The molecule has 6 heteroatoms. The average Bonchev–Trinajstić information content (AvgIpc) is 2.41. The van der Waals surface area contributed by atoms with E-state index in [-0.39, 0.29) is 5.54 Å². The third-order valence-corrected chi connectivity index (χ3v) is 3.03. The van der Waals surface area contributed by atoms with Crippen LogP contribution < -0.4 is 10.1 Å². The van der Waals surface area contributed by atoms with Crippen LogP contribution in [0.5, 0.6) is 5.88 Å². The van der Waals surface area contributed by atoms with Gasteiger partial charge in [-0.2, -0.15) is 0 Å². The molecule has 0 saturated heterocycles. The molecule has 0 radical (unpaired) electrons. The van der Waals surface area contributed by atoms with Gasteiger partial charge in [-0.05, 0) is 42.8 Å². The fourth-order valence-electron chi connectivity index (χ4n) is 1.53. The molecule has 0 aliphatic heterocycles. The largest absolute Gasteiger partial charge is 0.475 e. The summed E-state index contributed by atoms with van der Waals surface area (Å²) in [6, 6.07) is 2.02. The highest BCUT2D eigenvalue weighted by Crippen LogP contribution is 2.20. The number of ether oxygens (including phenoxy) is 3. The van der Waals surface area contributed by atoms with Crippen molar-refractivity contribution in [2.75, 3.05) is 33.5 Å². The van der Waals surface area contributed by atoms with E-state index in [4.69, 9.17) is 14.2 Å². The molecule has 0 unspecified atom stereocenters. The standard InChI is InChI=1S/C15H25BrN2O3/c1-15(2,3)18-10-12-9-13(16)11-17-14(12)21-8-7-20-6-5-19-4/h9,11,18H,5-8,10H2,1-4H3. The quantitative estimate of drug-likeness (QED) is 0.686. The molecule has 0 aromatic carbocycles. The van der Waals surface area contributed by atoms with Gasteiger partial charge in [0, 0.05) is 35.4 Å². The van der Waals surface area contributed by atoms with Crippen molar-refractivity contribution in [1.82, 2.24) is 10.3 Å². The number of nitrogens with zero attached hydrogens (tertiary/aromatic N) is 1. The van der Waals surface area contributed by atoms with Crippen LogP contribution in [0.2, 0.25) is 0 Å². The van der Waals surface area contributed by atoms with Gasteiger partial charge in [0.25, 0.3) is 0 Å². The molecule has 1 heterocycles. The highest BCUT2D eigenvalue weighted by Gasteiger charge is 2.12. The second kappa shape index (κ2) is 9.35. The molecule has 0 bridgehead atoms. The van der Waals surface area contributed by atoms with Crippen LogP contribution >= 0.6 is 15.9 Å². The summed E-state index contributed by atoms with van der Waals surface area (Å²) in [4.78, 5) is 4.32. The van der Waals surface area contributed by atoms with Gasteiger partial charge in [0.05, 0.1) is 19.8 Å². The lowest BCUT2D eigenvalue weighted by Crippen LogP contribution is -2.35. The highest BCUT2D eigenvalue weighted by molar-refractivity contribution is 9.10. The van der Waals surface area contributed by atoms with Crippen molar-refractivity contribution in [3.05, 3.63) is 22.3 Å². The molecule has 21 heavy (non-hydrogen) atoms. The zero-order valence-corrected chi connectivity index (χ0v) is 14.8. The topological polar surface area (TPSA) is 52.6 Å². The molecular formula is C15H25BrN2O3. The van der Waals surface area contributed by atoms with E-state index in [1.807, 2.05) is 6.07 Å². The Bertz CT molecular complexity index is 422. The van der Waals surface area contributed by atoms with E-state index in [1.54, 1.807) is 13.3 Å². The van der Waals surface area contributed by atoms with Crippen LogP contribution in [0.15, 0.2) is 16.7 Å². The lowest BCUT2D eigenvalue weighted by atomic mass is 10.1. The van der Waals surface area contributed by atoms with Crippen LogP contribution in [0.3, 0.4) is 0 Å². The SMILES string of the molecule is COCCOCCOc1ncc(Br)cc1CNC(C)(C)C. The third-order valence-electron chi connectivity index (χ3n) is 2.60. The number of halogens is 1. The van der Waals surface area contributed by atoms with Crippen LogP contribution in [0.25, 0.3) is 0 Å². The van der Waals surface area contributed by atoms with Gasteiger partial charge in [0.2, 0.25) is 5.88 Å². The Labute approximate surface area is 135 Å². The van der Waals surface area contributed by atoms with Crippen molar-refractivity contribution in [1.29, 1.82) is 0 Å². The van der Waals surface area contributed by atoms with E-state index in [2.05, 4.69) is 47.0 Å². The third kappa shape index (κ3) is 8.36. The number of rotatable bonds is 9. The number of hydrogen-bond donors (Lipinski definition) is 1. The maximum atomic E-state index is 5.70. The van der Waals surface area contributed by atoms with Crippen molar-refractivity contribution in [2.45, 2.75) is 32.9 Å². The first-order valence-electron chi connectivity index (χ1n) is 7.01. The predicted octanol–water partition coefficient (Wildman–Crippen LogP) is 2.77. The van der Waals surface area contributed by atoms with Gasteiger partial charge >= 0.3 is 0 Å². The molecule has 0 aliphatic carbocycles. The summed E-state index contributed by atoms with van der Waals surface area (Å²) in [6.07, 6.45) is 1.74. The van der Waals surface area contributed by atoms with Crippen LogP contribution in [0.4, 0.5) is 0 Å². The van der Waals surface area contributed by atoms with Crippen LogP contribution in [-0.2, 0) is 16.0 Å². The lowest BCUT2D eigenvalue weighted by Gasteiger charge is -2.21. The predicted molar refractivity (Wildman–Crippen MR) is 86.7 cm³/mol. The van der Waals surface area contributed by atoms with Gasteiger partial charge in [-0.1, -0.05) is 0 Å². The number of aromatic nitrogens is 1. The Morgan fingerprint density at radius 3 is 2.57 bits per heavy atom. The summed E-state index contributed by atoms with van der Waals surface area (Å²) in [7, 11) is 1.65. The molecule has 5 nitrogen and oxygen atoms in total. The first kappa shape index (κ1) is 18.4. The number of hydrogen-bond acceptors (Lipinski definition) is 5. The summed E-state index contributed by atoms with van der Waals surface area (Å²) in [6.45, 7) is 9.25. The Morgan fingerprint density at radius 1 is 1.19 bits per heavy atom. The minimum atomic E-state index is 0.0445. The van der Waals surface area contributed by atoms with Crippen molar-refractivity contribution in [2.24, 2.45) is 0 Å². The molecule has 1 aromatic rings. The van der Waals surface area contributed by atoms with Crippen molar-refractivity contribution < 1.29 is 14.2 Å². The van der Waals surface area contributed by atoms with Gasteiger partial charge in [-0.25, -0.2) is 4.98 Å². The summed E-state index contributed by atoms with van der Waals surface area (Å²) in [5.41, 5.74) is 1.07. The summed E-state index contributed by atoms with van der Waals surface area (Å²) in [5.74, 6) is 0.644. The van der Waals surface area contributed by atoms with Gasteiger partial charge in [-0.3, -0.25) is 0 Å². The van der Waals surface area contributed by atoms with Gasteiger partial charge in [-0.15, -0.1) is 0 Å². The van der Waals surface area contributed by atoms with Gasteiger partial charge in [0.1, 0.15) is 6.61 Å². The Morgan fingerprint density at radius 2 is 1.90 bits per heavy atom. The average molecular weight is 361 g/mol. The zero-order chi connectivity index (χ0) is 15.7. The minimum absolute atomic E-state index is 0.0445. The van der Waals surface area contributed by atoms with E-state index in [1.165, 1.54) is 0 Å². The van der Waals surface area contributed by atoms with E-state index < -0.39 is 0 Å². The molecular weight excluding hydrogens is 336 g/mol. The smallest absolute Gasteiger partial charge is 0.217 e. The monoisotopic (exact) mass is 360 g/mol. The zero-order valence-electron chi connectivity index (χ0n) is 13.2. The maximum absolute atomic E-state index is 5.70. The Hall–Kier alpha value is -0.690. The summed E-state index contributed by atoms with van der Waals surface area (Å²) >= 11 is 3.44. The molecule has 0 spiro atoms. The van der Waals surface area contributed by atoms with Crippen LogP contribution in [0.1, 0.15) is 26.3 Å². The van der Waals surface area contributed by atoms with Crippen molar-refractivity contribution in [3.8, 4) is 5.88 Å². The Balaban J connectivity index is 2.48. The molecule has 0 atom stereocenters. The molecule has 0 aliphatic rings. The van der Waals surface area contributed by atoms with Crippen LogP contribution in [-0.4, -0.2) is 44.1 Å². The molecule has 1 aromatic heterocycles. The van der Waals surface area contributed by atoms with Gasteiger partial charge < -0.3 is 19.5 Å².